The lowest BCUT2D eigenvalue weighted by Crippen LogP contribution is -2.30. The van der Waals surface area contributed by atoms with Crippen LogP contribution in [0.5, 0.6) is 11.5 Å². The van der Waals surface area contributed by atoms with Crippen molar-refractivity contribution in [2.75, 3.05) is 13.2 Å². The number of benzene rings is 2. The summed E-state index contributed by atoms with van der Waals surface area (Å²) in [5.74, 6) is 1.41. The van der Waals surface area contributed by atoms with Crippen molar-refractivity contribution in [1.29, 1.82) is 0 Å². The van der Waals surface area contributed by atoms with E-state index in [0.29, 0.717) is 13.2 Å². The fraction of sp³-hybridized carbons (Fsp3) is 0.263. The number of nitrogens with zero attached hydrogens (tertiary/aromatic N) is 2. The van der Waals surface area contributed by atoms with Crippen molar-refractivity contribution in [3.05, 3.63) is 54.4 Å². The van der Waals surface area contributed by atoms with Crippen molar-refractivity contribution in [3.63, 3.8) is 0 Å². The smallest absolute Gasteiger partial charge is 0.240 e. The molecule has 25 heavy (non-hydrogen) atoms. The summed E-state index contributed by atoms with van der Waals surface area (Å²) in [5.41, 5.74) is 2.81. The highest BCUT2D eigenvalue weighted by atomic mass is 16.6. The fourth-order valence-electron chi connectivity index (χ4n) is 2.99. The molecule has 0 aliphatic carbocycles. The number of fused-ring (bicyclic) bond motifs is 2. The molecule has 128 valence electrons. The predicted molar refractivity (Wildman–Crippen MR) is 93.7 cm³/mol. The average Bonchev–Trinajstić information content (AvgIpc) is 3.04. The van der Waals surface area contributed by atoms with E-state index in [1.165, 1.54) is 0 Å². The van der Waals surface area contributed by atoms with Crippen molar-refractivity contribution in [2.24, 2.45) is 0 Å². The third-order valence-electron chi connectivity index (χ3n) is 4.29. The molecule has 0 fully saturated rings. The summed E-state index contributed by atoms with van der Waals surface area (Å²) in [5, 5.41) is 3.02. The largest absolute Gasteiger partial charge is 0.486 e. The third-order valence-corrected chi connectivity index (χ3v) is 4.29. The number of aromatic nitrogens is 2. The molecular weight excluding hydrogens is 318 g/mol. The highest BCUT2D eigenvalue weighted by molar-refractivity contribution is 5.80. The van der Waals surface area contributed by atoms with Crippen LogP contribution in [0.4, 0.5) is 0 Å². The van der Waals surface area contributed by atoms with Crippen LogP contribution in [0, 0.1) is 0 Å². The van der Waals surface area contributed by atoms with Crippen molar-refractivity contribution < 1.29 is 14.3 Å². The Morgan fingerprint density at radius 1 is 1.20 bits per heavy atom. The van der Waals surface area contributed by atoms with Gasteiger partial charge in [-0.15, -0.1) is 0 Å². The van der Waals surface area contributed by atoms with Gasteiger partial charge in [0.25, 0.3) is 0 Å². The molecule has 2 heterocycles. The van der Waals surface area contributed by atoms with Crippen LogP contribution in [0.25, 0.3) is 11.0 Å². The minimum Gasteiger partial charge on any atom is -0.486 e. The number of para-hydroxylation sites is 2. The Kier molecular flexibility index (Phi) is 4.01. The number of hydrogen-bond donors (Lipinski definition) is 1. The first kappa shape index (κ1) is 15.5. The molecule has 1 aromatic heterocycles. The second-order valence-electron chi connectivity index (χ2n) is 6.05. The zero-order chi connectivity index (χ0) is 17.2. The summed E-state index contributed by atoms with van der Waals surface area (Å²) < 4.78 is 13.0. The van der Waals surface area contributed by atoms with E-state index in [-0.39, 0.29) is 18.5 Å². The van der Waals surface area contributed by atoms with Crippen molar-refractivity contribution >= 4 is 16.9 Å². The van der Waals surface area contributed by atoms with Crippen LogP contribution >= 0.6 is 0 Å². The van der Waals surface area contributed by atoms with Crippen molar-refractivity contribution in [1.82, 2.24) is 14.9 Å². The molecule has 1 N–H and O–H groups in total. The van der Waals surface area contributed by atoms with Gasteiger partial charge < -0.3 is 19.4 Å². The minimum atomic E-state index is -0.127. The lowest BCUT2D eigenvalue weighted by Gasteiger charge is -2.21. The quantitative estimate of drug-likeness (QED) is 0.795. The van der Waals surface area contributed by atoms with Gasteiger partial charge in [0.1, 0.15) is 19.8 Å². The van der Waals surface area contributed by atoms with E-state index in [0.717, 1.165) is 28.1 Å². The molecule has 0 saturated carbocycles. The average molecular weight is 337 g/mol. The molecule has 2 aromatic carbocycles. The lowest BCUT2D eigenvalue weighted by atomic mass is 10.1. The van der Waals surface area contributed by atoms with Crippen molar-refractivity contribution in [2.45, 2.75) is 19.5 Å². The Labute approximate surface area is 145 Å². The van der Waals surface area contributed by atoms with E-state index in [4.69, 9.17) is 9.47 Å². The molecule has 0 radical (unpaired) electrons. The molecular formula is C19H19N3O3. The zero-order valence-electron chi connectivity index (χ0n) is 13.9. The summed E-state index contributed by atoms with van der Waals surface area (Å²) in [6.07, 6.45) is 1.69. The fourth-order valence-corrected chi connectivity index (χ4v) is 2.99. The van der Waals surface area contributed by atoms with Gasteiger partial charge >= 0.3 is 0 Å². The van der Waals surface area contributed by atoms with Gasteiger partial charge in [-0.2, -0.15) is 0 Å². The predicted octanol–water partition coefficient (Wildman–Crippen LogP) is 2.68. The molecule has 1 aliphatic heterocycles. The first-order valence-corrected chi connectivity index (χ1v) is 8.29. The number of nitrogens with one attached hydrogen (secondary N) is 1. The molecule has 3 aromatic rings. The van der Waals surface area contributed by atoms with Crippen LogP contribution in [-0.4, -0.2) is 28.7 Å². The van der Waals surface area contributed by atoms with E-state index < -0.39 is 0 Å². The Balaban J connectivity index is 1.45. The number of hydrogen-bond acceptors (Lipinski definition) is 4. The lowest BCUT2D eigenvalue weighted by molar-refractivity contribution is -0.122. The topological polar surface area (TPSA) is 65.4 Å². The highest BCUT2D eigenvalue weighted by Gasteiger charge is 2.16. The maximum Gasteiger partial charge on any atom is 0.240 e. The van der Waals surface area contributed by atoms with Gasteiger partial charge in [-0.1, -0.05) is 18.2 Å². The van der Waals surface area contributed by atoms with Gasteiger partial charge in [-0.3, -0.25) is 4.79 Å². The number of carbonyl (C=O) groups is 1. The molecule has 4 rings (SSSR count). The summed E-state index contributed by atoms with van der Waals surface area (Å²) in [7, 11) is 0. The third kappa shape index (κ3) is 3.15. The van der Waals surface area contributed by atoms with Gasteiger partial charge in [-0.25, -0.2) is 4.98 Å². The Bertz CT molecular complexity index is 919. The van der Waals surface area contributed by atoms with E-state index in [1.54, 1.807) is 6.33 Å². The molecule has 6 nitrogen and oxygen atoms in total. The number of ether oxygens (including phenoxy) is 2. The van der Waals surface area contributed by atoms with E-state index in [2.05, 4.69) is 10.3 Å². The van der Waals surface area contributed by atoms with Crippen LogP contribution < -0.4 is 14.8 Å². The molecule has 0 unspecified atom stereocenters. The second-order valence-corrected chi connectivity index (χ2v) is 6.05. The molecule has 0 bridgehead atoms. The maximum absolute atomic E-state index is 12.4. The van der Waals surface area contributed by atoms with Crippen LogP contribution in [0.2, 0.25) is 0 Å². The number of imidazole rings is 1. The van der Waals surface area contributed by atoms with E-state index >= 15 is 0 Å². The standard InChI is InChI=1S/C19H19N3O3/c1-13(14-6-7-17-18(10-14)25-9-8-24-17)21-19(23)11-22-12-20-15-4-2-3-5-16(15)22/h2-7,10,12-13H,8-9,11H2,1H3,(H,21,23)/t13-/m0/s1. The molecule has 0 saturated heterocycles. The monoisotopic (exact) mass is 337 g/mol. The van der Waals surface area contributed by atoms with E-state index in [9.17, 15) is 4.79 Å². The molecule has 1 amide bonds. The maximum atomic E-state index is 12.4. The molecule has 6 heteroatoms. The minimum absolute atomic E-state index is 0.0643. The Morgan fingerprint density at radius 3 is 2.88 bits per heavy atom. The molecule has 0 spiro atoms. The molecule has 1 atom stereocenters. The number of carbonyl (C=O) groups excluding carboxylic acids is 1. The van der Waals surface area contributed by atoms with Crippen molar-refractivity contribution in [3.8, 4) is 11.5 Å². The van der Waals surface area contributed by atoms with Gasteiger partial charge in [0.15, 0.2) is 11.5 Å². The van der Waals surface area contributed by atoms with Crippen LogP contribution in [0.3, 0.4) is 0 Å². The number of rotatable bonds is 4. The first-order valence-electron chi connectivity index (χ1n) is 8.29. The first-order chi connectivity index (χ1) is 12.2. The Morgan fingerprint density at radius 2 is 2.00 bits per heavy atom. The van der Waals surface area contributed by atoms with Gasteiger partial charge in [0, 0.05) is 0 Å². The normalized spacial score (nSPS) is 14.3. The van der Waals surface area contributed by atoms with Crippen LogP contribution in [0.15, 0.2) is 48.8 Å². The summed E-state index contributed by atoms with van der Waals surface area (Å²) in [6, 6.07) is 13.4. The van der Waals surface area contributed by atoms with E-state index in [1.807, 2.05) is 54.0 Å². The van der Waals surface area contributed by atoms with Crippen LogP contribution in [-0.2, 0) is 11.3 Å². The number of amides is 1. The van der Waals surface area contributed by atoms with Gasteiger partial charge in [-0.05, 0) is 36.8 Å². The summed E-state index contributed by atoms with van der Waals surface area (Å²) in [6.45, 7) is 3.30. The zero-order valence-corrected chi connectivity index (χ0v) is 13.9. The van der Waals surface area contributed by atoms with Gasteiger partial charge in [0.2, 0.25) is 5.91 Å². The summed E-state index contributed by atoms with van der Waals surface area (Å²) >= 11 is 0. The van der Waals surface area contributed by atoms with Gasteiger partial charge in [0.05, 0.1) is 23.4 Å². The second kappa shape index (κ2) is 6.47. The molecule has 1 aliphatic rings. The van der Waals surface area contributed by atoms with Crippen LogP contribution in [0.1, 0.15) is 18.5 Å². The SMILES string of the molecule is C[C@H](NC(=O)Cn1cnc2ccccc21)c1ccc2c(c1)OCCO2. The highest BCUT2D eigenvalue weighted by Crippen LogP contribution is 2.32. The summed E-state index contributed by atoms with van der Waals surface area (Å²) in [4.78, 5) is 16.7. The Hall–Kier alpha value is -3.02.